The van der Waals surface area contributed by atoms with Crippen LogP contribution in [-0.4, -0.2) is 29.6 Å². The van der Waals surface area contributed by atoms with E-state index in [4.69, 9.17) is 14.6 Å². The summed E-state index contributed by atoms with van der Waals surface area (Å²) < 4.78 is 12.6. The van der Waals surface area contributed by atoms with Gasteiger partial charge in [-0.15, -0.1) is 0 Å². The fraction of sp³-hybridized carbons (Fsp3) is 0.385. The van der Waals surface area contributed by atoms with Gasteiger partial charge in [0.2, 0.25) is 0 Å². The van der Waals surface area contributed by atoms with Crippen molar-refractivity contribution < 1.29 is 14.3 Å². The Bertz CT molecular complexity index is 1030. The van der Waals surface area contributed by atoms with Gasteiger partial charge in [0.25, 0.3) is 0 Å². The summed E-state index contributed by atoms with van der Waals surface area (Å²) >= 11 is 0. The number of carbonyl (C=O) groups excluding carboxylic acids is 1. The predicted octanol–water partition coefficient (Wildman–Crippen LogP) is 5.52. The van der Waals surface area contributed by atoms with Crippen LogP contribution in [0.25, 0.3) is 0 Å². The summed E-state index contributed by atoms with van der Waals surface area (Å²) in [5.41, 5.74) is 5.19. The van der Waals surface area contributed by atoms with Crippen LogP contribution in [0.15, 0.2) is 60.8 Å². The van der Waals surface area contributed by atoms with E-state index < -0.39 is 6.09 Å². The molecule has 1 heterocycles. The van der Waals surface area contributed by atoms with Crippen LogP contribution in [0.4, 0.5) is 10.5 Å². The van der Waals surface area contributed by atoms with Gasteiger partial charge in [-0.25, -0.2) is 4.79 Å². The smallest absolute Gasteiger partial charge is 0.411 e. The Labute approximate surface area is 189 Å². The first-order valence-electron chi connectivity index (χ1n) is 11.2. The van der Waals surface area contributed by atoms with Gasteiger partial charge in [-0.2, -0.15) is 5.10 Å². The van der Waals surface area contributed by atoms with E-state index in [1.54, 1.807) is 7.11 Å². The SMILES string of the molecule is COCCn1cc(C)c(C(c2cccc(NC(=O)OCc3ccccc3)c2)C2CCC2)n1. The first kappa shape index (κ1) is 22.1. The van der Waals surface area contributed by atoms with Gasteiger partial charge in [0.1, 0.15) is 6.61 Å². The second-order valence-corrected chi connectivity index (χ2v) is 8.43. The minimum Gasteiger partial charge on any atom is -0.444 e. The first-order chi connectivity index (χ1) is 15.6. The monoisotopic (exact) mass is 433 g/mol. The van der Waals surface area contributed by atoms with Crippen LogP contribution in [0.3, 0.4) is 0 Å². The predicted molar refractivity (Wildman–Crippen MR) is 125 cm³/mol. The number of carbonyl (C=O) groups is 1. The molecule has 0 spiro atoms. The molecule has 0 radical (unpaired) electrons. The summed E-state index contributed by atoms with van der Waals surface area (Å²) in [5, 5.41) is 7.78. The highest BCUT2D eigenvalue weighted by molar-refractivity contribution is 5.84. The minimum atomic E-state index is -0.453. The third-order valence-corrected chi connectivity index (χ3v) is 6.13. The van der Waals surface area contributed by atoms with E-state index in [0.29, 0.717) is 12.5 Å². The van der Waals surface area contributed by atoms with Crippen LogP contribution in [0, 0.1) is 12.8 Å². The van der Waals surface area contributed by atoms with E-state index >= 15 is 0 Å². The molecule has 0 bridgehead atoms. The highest BCUT2D eigenvalue weighted by Crippen LogP contribution is 2.44. The number of amides is 1. The number of ether oxygens (including phenoxy) is 2. The van der Waals surface area contributed by atoms with Gasteiger partial charge in [-0.05, 0) is 54.5 Å². The molecular weight excluding hydrogens is 402 g/mol. The van der Waals surface area contributed by atoms with Crippen molar-refractivity contribution in [3.63, 3.8) is 0 Å². The molecule has 1 aromatic heterocycles. The van der Waals surface area contributed by atoms with Gasteiger partial charge in [-0.3, -0.25) is 10.00 Å². The number of aryl methyl sites for hydroxylation is 1. The van der Waals surface area contributed by atoms with Crippen molar-refractivity contribution in [2.45, 2.75) is 45.3 Å². The van der Waals surface area contributed by atoms with Crippen LogP contribution < -0.4 is 5.32 Å². The van der Waals surface area contributed by atoms with Crippen LogP contribution in [-0.2, 0) is 22.6 Å². The quantitative estimate of drug-likeness (QED) is 0.483. The van der Waals surface area contributed by atoms with Crippen LogP contribution >= 0.6 is 0 Å². The summed E-state index contributed by atoms with van der Waals surface area (Å²) in [6, 6.07) is 17.8. The molecular formula is C26H31N3O3. The van der Waals surface area contributed by atoms with Crippen molar-refractivity contribution in [3.8, 4) is 0 Å². The van der Waals surface area contributed by atoms with E-state index in [2.05, 4.69) is 30.6 Å². The summed E-state index contributed by atoms with van der Waals surface area (Å²) in [6.07, 6.45) is 5.31. The molecule has 3 aromatic rings. The standard InChI is InChI=1S/C26H31N3O3/c1-19-17-29(14-15-31-2)28-25(19)24(21-10-6-11-21)22-12-7-13-23(16-22)27-26(30)32-18-20-8-4-3-5-9-20/h3-5,7-9,12-13,16-17,21,24H,6,10-11,14-15,18H2,1-2H3,(H,27,30). The molecule has 0 saturated heterocycles. The number of nitrogens with one attached hydrogen (secondary N) is 1. The Balaban J connectivity index is 1.49. The van der Waals surface area contributed by atoms with Crippen molar-refractivity contribution in [1.82, 2.24) is 9.78 Å². The Morgan fingerprint density at radius 1 is 1.19 bits per heavy atom. The average Bonchev–Trinajstić information content (AvgIpc) is 3.14. The van der Waals surface area contributed by atoms with E-state index in [-0.39, 0.29) is 12.5 Å². The largest absolute Gasteiger partial charge is 0.444 e. The Morgan fingerprint density at radius 3 is 2.72 bits per heavy atom. The number of nitrogens with zero attached hydrogens (tertiary/aromatic N) is 2. The highest BCUT2D eigenvalue weighted by atomic mass is 16.5. The van der Waals surface area contributed by atoms with Crippen LogP contribution in [0.1, 0.15) is 47.6 Å². The Hall–Kier alpha value is -3.12. The lowest BCUT2D eigenvalue weighted by Gasteiger charge is -2.34. The fourth-order valence-electron chi connectivity index (χ4n) is 4.26. The first-order valence-corrected chi connectivity index (χ1v) is 11.2. The van der Waals surface area contributed by atoms with E-state index in [9.17, 15) is 4.79 Å². The van der Waals surface area contributed by atoms with Crippen LogP contribution in [0.5, 0.6) is 0 Å². The summed E-state index contributed by atoms with van der Waals surface area (Å²) in [5.74, 6) is 0.786. The second-order valence-electron chi connectivity index (χ2n) is 8.43. The number of rotatable bonds is 9. The molecule has 1 saturated carbocycles. The molecule has 1 atom stereocenters. The molecule has 1 aliphatic carbocycles. The summed E-state index contributed by atoms with van der Waals surface area (Å²) in [7, 11) is 1.71. The van der Waals surface area contributed by atoms with Gasteiger partial charge < -0.3 is 9.47 Å². The molecule has 1 amide bonds. The van der Waals surface area contributed by atoms with Crippen molar-refractivity contribution in [2.24, 2.45) is 5.92 Å². The lowest BCUT2D eigenvalue weighted by atomic mass is 9.71. The molecule has 6 heteroatoms. The third kappa shape index (κ3) is 5.37. The number of hydrogen-bond acceptors (Lipinski definition) is 4. The third-order valence-electron chi connectivity index (χ3n) is 6.13. The van der Waals surface area contributed by atoms with Crippen molar-refractivity contribution >= 4 is 11.8 Å². The zero-order valence-corrected chi connectivity index (χ0v) is 18.8. The van der Waals surface area contributed by atoms with E-state index in [1.165, 1.54) is 30.4 Å². The molecule has 1 fully saturated rings. The molecule has 1 unspecified atom stereocenters. The molecule has 1 N–H and O–H groups in total. The highest BCUT2D eigenvalue weighted by Gasteiger charge is 2.32. The number of aromatic nitrogens is 2. The van der Waals surface area contributed by atoms with Gasteiger partial charge in [0.05, 0.1) is 18.8 Å². The second kappa shape index (κ2) is 10.5. The van der Waals surface area contributed by atoms with Gasteiger partial charge in [-0.1, -0.05) is 48.9 Å². The maximum Gasteiger partial charge on any atom is 0.411 e. The van der Waals surface area contributed by atoms with Crippen molar-refractivity contribution in [2.75, 3.05) is 19.0 Å². The average molecular weight is 434 g/mol. The zero-order valence-electron chi connectivity index (χ0n) is 18.8. The summed E-state index contributed by atoms with van der Waals surface area (Å²) in [4.78, 5) is 12.3. The maximum absolute atomic E-state index is 12.3. The lowest BCUT2D eigenvalue weighted by molar-refractivity contribution is 0.155. The number of hydrogen-bond donors (Lipinski definition) is 1. The van der Waals surface area contributed by atoms with E-state index in [0.717, 1.165) is 23.5 Å². The number of anilines is 1. The Morgan fingerprint density at radius 2 is 2.00 bits per heavy atom. The van der Waals surface area contributed by atoms with Crippen LogP contribution in [0.2, 0.25) is 0 Å². The molecule has 2 aromatic carbocycles. The molecule has 1 aliphatic rings. The van der Waals surface area contributed by atoms with Crippen molar-refractivity contribution in [3.05, 3.63) is 83.2 Å². The molecule has 6 nitrogen and oxygen atoms in total. The van der Waals surface area contributed by atoms with E-state index in [1.807, 2.05) is 47.1 Å². The van der Waals surface area contributed by atoms with Crippen molar-refractivity contribution in [1.29, 1.82) is 0 Å². The number of benzene rings is 2. The molecule has 32 heavy (non-hydrogen) atoms. The molecule has 4 rings (SSSR count). The zero-order chi connectivity index (χ0) is 22.3. The lowest BCUT2D eigenvalue weighted by Crippen LogP contribution is -2.23. The normalized spacial score (nSPS) is 14.6. The van der Waals surface area contributed by atoms with Gasteiger partial charge >= 0.3 is 6.09 Å². The maximum atomic E-state index is 12.3. The summed E-state index contributed by atoms with van der Waals surface area (Å²) in [6.45, 7) is 3.75. The molecule has 0 aliphatic heterocycles. The fourth-order valence-corrected chi connectivity index (χ4v) is 4.26. The van der Waals surface area contributed by atoms with Gasteiger partial charge in [0, 0.05) is 24.9 Å². The Kier molecular flexibility index (Phi) is 7.22. The minimum absolute atomic E-state index is 0.217. The van der Waals surface area contributed by atoms with Gasteiger partial charge in [0.15, 0.2) is 0 Å². The topological polar surface area (TPSA) is 65.4 Å². The number of methoxy groups -OCH3 is 1. The molecule has 168 valence electrons.